The van der Waals surface area contributed by atoms with E-state index in [-0.39, 0.29) is 5.91 Å². The monoisotopic (exact) mass is 267 g/mol. The Morgan fingerprint density at radius 1 is 1.10 bits per heavy atom. The first-order valence-corrected chi connectivity index (χ1v) is 6.86. The summed E-state index contributed by atoms with van der Waals surface area (Å²) in [5.41, 5.74) is 1.92. The first-order valence-electron chi connectivity index (χ1n) is 6.86. The van der Waals surface area contributed by atoms with Crippen LogP contribution >= 0.6 is 0 Å². The summed E-state index contributed by atoms with van der Waals surface area (Å²) in [6.07, 6.45) is 1.41. The van der Waals surface area contributed by atoms with E-state index in [1.807, 2.05) is 54.0 Å². The third-order valence-electron chi connectivity index (χ3n) is 3.59. The van der Waals surface area contributed by atoms with E-state index in [4.69, 9.17) is 4.74 Å². The second-order valence-electron chi connectivity index (χ2n) is 4.88. The van der Waals surface area contributed by atoms with Gasteiger partial charge in [0.15, 0.2) is 0 Å². The topological polar surface area (TPSA) is 31.2 Å². The number of rotatable bonds is 3. The second-order valence-corrected chi connectivity index (χ2v) is 4.88. The van der Waals surface area contributed by atoms with Crippen molar-refractivity contribution in [2.24, 2.45) is 0 Å². The van der Waals surface area contributed by atoms with Crippen molar-refractivity contribution in [1.29, 1.82) is 0 Å². The number of carbonyl (C=O) groups excluding carboxylic acids is 1. The van der Waals surface area contributed by atoms with Crippen molar-refractivity contribution in [1.82, 2.24) is 4.57 Å². The van der Waals surface area contributed by atoms with Crippen LogP contribution in [0, 0.1) is 0 Å². The molecular formula is C17H17NO2. The van der Waals surface area contributed by atoms with Crippen molar-refractivity contribution in [3.8, 4) is 5.75 Å². The van der Waals surface area contributed by atoms with Crippen LogP contribution in [0.25, 0.3) is 21.8 Å². The average molecular weight is 267 g/mol. The fourth-order valence-corrected chi connectivity index (χ4v) is 2.67. The minimum atomic E-state index is 0.142. The number of carbonyl (C=O) groups is 1. The highest BCUT2D eigenvalue weighted by atomic mass is 16.5. The summed E-state index contributed by atoms with van der Waals surface area (Å²) in [7, 11) is 1.66. The second kappa shape index (κ2) is 5.00. The first-order chi connectivity index (χ1) is 9.76. The van der Waals surface area contributed by atoms with Crippen LogP contribution < -0.4 is 4.74 Å². The lowest BCUT2D eigenvalue weighted by molar-refractivity contribution is 0.0912. The molecule has 0 aliphatic carbocycles. The van der Waals surface area contributed by atoms with Gasteiger partial charge in [-0.25, -0.2) is 0 Å². The molecule has 3 rings (SSSR count). The van der Waals surface area contributed by atoms with Crippen molar-refractivity contribution in [2.45, 2.75) is 19.8 Å². The molecule has 0 radical (unpaired) electrons. The molecule has 0 spiro atoms. The van der Waals surface area contributed by atoms with Gasteiger partial charge in [0.05, 0.1) is 18.1 Å². The predicted octanol–water partition coefficient (Wildman–Crippen LogP) is 4.24. The highest BCUT2D eigenvalue weighted by Gasteiger charge is 2.15. The maximum absolute atomic E-state index is 12.4. The fourth-order valence-electron chi connectivity index (χ4n) is 2.67. The Morgan fingerprint density at radius 3 is 2.60 bits per heavy atom. The van der Waals surface area contributed by atoms with Gasteiger partial charge in [0.25, 0.3) is 0 Å². The SMILES string of the molecule is CCCC(=O)n1c2ccccc2c2cc(OC)ccc21. The van der Waals surface area contributed by atoms with Gasteiger partial charge in [-0.1, -0.05) is 25.1 Å². The molecule has 0 fully saturated rings. The van der Waals surface area contributed by atoms with Gasteiger partial charge < -0.3 is 4.74 Å². The van der Waals surface area contributed by atoms with Gasteiger partial charge in [0.1, 0.15) is 5.75 Å². The maximum atomic E-state index is 12.4. The summed E-state index contributed by atoms with van der Waals surface area (Å²) < 4.78 is 7.12. The molecular weight excluding hydrogens is 250 g/mol. The van der Waals surface area contributed by atoms with Crippen LogP contribution in [0.15, 0.2) is 42.5 Å². The lowest BCUT2D eigenvalue weighted by atomic mass is 10.1. The van der Waals surface area contributed by atoms with Crippen molar-refractivity contribution in [3.63, 3.8) is 0 Å². The number of fused-ring (bicyclic) bond motifs is 3. The molecule has 0 amide bonds. The van der Waals surface area contributed by atoms with Crippen LogP contribution in [0.2, 0.25) is 0 Å². The van der Waals surface area contributed by atoms with Crippen molar-refractivity contribution in [2.75, 3.05) is 7.11 Å². The summed E-state index contributed by atoms with van der Waals surface area (Å²) in [6, 6.07) is 13.9. The highest BCUT2D eigenvalue weighted by Crippen LogP contribution is 2.31. The normalized spacial score (nSPS) is 11.1. The average Bonchev–Trinajstić information content (AvgIpc) is 2.81. The van der Waals surface area contributed by atoms with E-state index in [1.165, 1.54) is 0 Å². The maximum Gasteiger partial charge on any atom is 0.231 e. The lowest BCUT2D eigenvalue weighted by Gasteiger charge is -2.05. The summed E-state index contributed by atoms with van der Waals surface area (Å²) in [6.45, 7) is 2.02. The molecule has 0 N–H and O–H groups in total. The number of benzene rings is 2. The number of methoxy groups -OCH3 is 1. The molecule has 3 heteroatoms. The third-order valence-corrected chi connectivity index (χ3v) is 3.59. The molecule has 0 bridgehead atoms. The third kappa shape index (κ3) is 1.86. The molecule has 2 aromatic carbocycles. The molecule has 1 heterocycles. The van der Waals surface area contributed by atoms with Crippen molar-refractivity contribution < 1.29 is 9.53 Å². The van der Waals surface area contributed by atoms with Crippen LogP contribution in [0.3, 0.4) is 0 Å². The number of hydrogen-bond acceptors (Lipinski definition) is 2. The molecule has 1 aromatic heterocycles. The van der Waals surface area contributed by atoms with E-state index >= 15 is 0 Å². The summed E-state index contributed by atoms with van der Waals surface area (Å²) in [5, 5.41) is 2.15. The summed E-state index contributed by atoms with van der Waals surface area (Å²) >= 11 is 0. The Hall–Kier alpha value is -2.29. The Bertz CT molecular complexity index is 786. The highest BCUT2D eigenvalue weighted by molar-refractivity contribution is 6.13. The lowest BCUT2D eigenvalue weighted by Crippen LogP contribution is -2.09. The van der Waals surface area contributed by atoms with Crippen LogP contribution in [0.1, 0.15) is 24.6 Å². The van der Waals surface area contributed by atoms with Gasteiger partial charge in [0.2, 0.25) is 5.91 Å². The number of ether oxygens (including phenoxy) is 1. The minimum absolute atomic E-state index is 0.142. The smallest absolute Gasteiger partial charge is 0.231 e. The first kappa shape index (κ1) is 12.7. The quantitative estimate of drug-likeness (QED) is 0.710. The molecule has 0 atom stereocenters. The van der Waals surface area contributed by atoms with Crippen LogP contribution in [-0.4, -0.2) is 17.6 Å². The van der Waals surface area contributed by atoms with Crippen molar-refractivity contribution in [3.05, 3.63) is 42.5 Å². The largest absolute Gasteiger partial charge is 0.497 e. The number of para-hydroxylation sites is 1. The van der Waals surface area contributed by atoms with Gasteiger partial charge in [-0.3, -0.25) is 9.36 Å². The molecule has 0 saturated heterocycles. The van der Waals surface area contributed by atoms with E-state index < -0.39 is 0 Å². The molecule has 0 unspecified atom stereocenters. The van der Waals surface area contributed by atoms with E-state index in [9.17, 15) is 4.79 Å². The molecule has 3 nitrogen and oxygen atoms in total. The molecule has 102 valence electrons. The number of hydrogen-bond donors (Lipinski definition) is 0. The van der Waals surface area contributed by atoms with Gasteiger partial charge in [-0.15, -0.1) is 0 Å². The number of aromatic nitrogens is 1. The Morgan fingerprint density at radius 2 is 1.85 bits per heavy atom. The predicted molar refractivity (Wildman–Crippen MR) is 81.5 cm³/mol. The van der Waals surface area contributed by atoms with Gasteiger partial charge in [-0.2, -0.15) is 0 Å². The van der Waals surface area contributed by atoms with Crippen LogP contribution in [0.4, 0.5) is 0 Å². The van der Waals surface area contributed by atoms with Crippen molar-refractivity contribution >= 4 is 27.7 Å². The van der Waals surface area contributed by atoms with E-state index in [0.717, 1.165) is 34.0 Å². The molecule has 0 aliphatic heterocycles. The zero-order valence-corrected chi connectivity index (χ0v) is 11.7. The zero-order valence-electron chi connectivity index (χ0n) is 11.7. The van der Waals surface area contributed by atoms with Gasteiger partial charge in [-0.05, 0) is 30.7 Å². The Labute approximate surface area is 117 Å². The fraction of sp³-hybridized carbons (Fsp3) is 0.235. The Kier molecular flexibility index (Phi) is 3.18. The van der Waals surface area contributed by atoms with Crippen LogP contribution in [-0.2, 0) is 0 Å². The summed E-state index contributed by atoms with van der Waals surface area (Å²) in [4.78, 5) is 12.4. The minimum Gasteiger partial charge on any atom is -0.497 e. The zero-order chi connectivity index (χ0) is 14.1. The van der Waals surface area contributed by atoms with Gasteiger partial charge in [0, 0.05) is 17.2 Å². The standard InChI is InChI=1S/C17H17NO2/c1-3-6-17(19)18-15-8-5-4-7-13(15)14-11-12(20-2)9-10-16(14)18/h4-5,7-11H,3,6H2,1-2H3. The molecule has 3 aromatic rings. The Balaban J connectivity index is 2.38. The summed E-state index contributed by atoms with van der Waals surface area (Å²) in [5.74, 6) is 0.951. The molecule has 20 heavy (non-hydrogen) atoms. The molecule has 0 aliphatic rings. The van der Waals surface area contributed by atoms with Crippen LogP contribution in [0.5, 0.6) is 5.75 Å². The van der Waals surface area contributed by atoms with E-state index in [0.29, 0.717) is 6.42 Å². The van der Waals surface area contributed by atoms with E-state index in [1.54, 1.807) is 7.11 Å². The molecule has 0 saturated carbocycles. The van der Waals surface area contributed by atoms with E-state index in [2.05, 4.69) is 0 Å². The number of nitrogens with zero attached hydrogens (tertiary/aromatic N) is 1. The van der Waals surface area contributed by atoms with Gasteiger partial charge >= 0.3 is 0 Å².